The smallest absolute Gasteiger partial charge is 0.250 e. The van der Waals surface area contributed by atoms with Gasteiger partial charge in [0.1, 0.15) is 5.75 Å². The Morgan fingerprint density at radius 1 is 1.18 bits per heavy atom. The number of methoxy groups -OCH3 is 1. The van der Waals surface area contributed by atoms with E-state index in [1.54, 1.807) is 36.3 Å². The summed E-state index contributed by atoms with van der Waals surface area (Å²) in [5.74, 6) is 1.19. The van der Waals surface area contributed by atoms with E-state index >= 15 is 0 Å². The topological polar surface area (TPSA) is 116 Å². The molecule has 0 spiro atoms. The number of carbonyl (C=O) groups excluding carboxylic acids is 2. The molecule has 1 aliphatic rings. The molecular weight excluding hydrogens is 516 g/mol. The highest BCUT2D eigenvalue weighted by Crippen LogP contribution is 2.31. The minimum Gasteiger partial charge on any atom is -0.495 e. The van der Waals surface area contributed by atoms with Crippen molar-refractivity contribution in [2.24, 2.45) is 11.7 Å². The first-order chi connectivity index (χ1) is 18.6. The number of hydrogen-bond donors (Lipinski definition) is 1. The molecule has 39 heavy (non-hydrogen) atoms. The van der Waals surface area contributed by atoms with Crippen LogP contribution in [0.4, 0.5) is 0 Å². The van der Waals surface area contributed by atoms with Crippen molar-refractivity contribution in [2.45, 2.75) is 71.0 Å². The van der Waals surface area contributed by atoms with Crippen molar-refractivity contribution in [1.29, 1.82) is 0 Å². The number of amides is 1. The lowest BCUT2D eigenvalue weighted by Gasteiger charge is -2.37. The van der Waals surface area contributed by atoms with Crippen LogP contribution in [0, 0.1) is 5.92 Å². The van der Waals surface area contributed by atoms with Gasteiger partial charge in [0.25, 0.3) is 5.91 Å². The standard InChI is InChI=1S/C29H37ClN6O3/c1-19(2)18-29(31,20(3)37)28(38)35(23-7-5-6-8-23)15-16-36-27(22-9-10-25(39-4)24(30)17-22)33-26(34-36)21-11-13-32-14-12-21/h9-14,17,19,23H,5-8,15-16,18,31H2,1-4H3/t29-/m1/s1. The van der Waals surface area contributed by atoms with Crippen molar-refractivity contribution in [3.05, 3.63) is 47.7 Å². The SMILES string of the molecule is COc1ccc(-c2nc(-c3ccncc3)nn2CCN(C(=O)[C@@](N)(CC(C)C)C(C)=O)C2CCCC2)cc1Cl. The minimum absolute atomic E-state index is 0.0361. The van der Waals surface area contributed by atoms with Crippen LogP contribution in [-0.2, 0) is 16.1 Å². The van der Waals surface area contributed by atoms with Gasteiger partial charge in [0.05, 0.1) is 18.7 Å². The number of Topliss-reactive ketones (excluding diaryl/α,β-unsaturated/α-hetero) is 1. The van der Waals surface area contributed by atoms with Crippen molar-refractivity contribution in [2.75, 3.05) is 13.7 Å². The fraction of sp³-hybridized carbons (Fsp3) is 0.483. The summed E-state index contributed by atoms with van der Waals surface area (Å²) < 4.78 is 7.11. The van der Waals surface area contributed by atoms with Crippen molar-refractivity contribution >= 4 is 23.3 Å². The van der Waals surface area contributed by atoms with E-state index in [-0.39, 0.29) is 23.7 Å². The fourth-order valence-electron chi connectivity index (χ4n) is 5.29. The maximum absolute atomic E-state index is 13.9. The highest BCUT2D eigenvalue weighted by Gasteiger charge is 2.44. The third-order valence-corrected chi connectivity index (χ3v) is 7.63. The number of benzene rings is 1. The van der Waals surface area contributed by atoms with Gasteiger partial charge in [-0.25, -0.2) is 9.67 Å². The number of ether oxygens (including phenoxy) is 1. The Kier molecular flexibility index (Phi) is 9.02. The number of pyridine rings is 1. The Balaban J connectivity index is 1.70. The molecule has 1 amide bonds. The van der Waals surface area contributed by atoms with Crippen LogP contribution in [0.15, 0.2) is 42.7 Å². The molecule has 3 aromatic rings. The molecule has 0 radical (unpaired) electrons. The van der Waals surface area contributed by atoms with Gasteiger partial charge in [-0.2, -0.15) is 5.10 Å². The zero-order valence-electron chi connectivity index (χ0n) is 23.1. The molecule has 1 atom stereocenters. The van der Waals surface area contributed by atoms with Crippen LogP contribution in [0.5, 0.6) is 5.75 Å². The first-order valence-electron chi connectivity index (χ1n) is 13.4. The molecular formula is C29H37ClN6O3. The molecule has 2 heterocycles. The quantitative estimate of drug-likeness (QED) is 0.340. The molecule has 2 aromatic heterocycles. The summed E-state index contributed by atoms with van der Waals surface area (Å²) in [7, 11) is 1.57. The third kappa shape index (κ3) is 6.31. The zero-order valence-corrected chi connectivity index (χ0v) is 23.8. The van der Waals surface area contributed by atoms with E-state index in [2.05, 4.69) is 4.98 Å². The summed E-state index contributed by atoms with van der Waals surface area (Å²) >= 11 is 6.44. The highest BCUT2D eigenvalue weighted by atomic mass is 35.5. The van der Waals surface area contributed by atoms with Crippen molar-refractivity contribution in [3.63, 3.8) is 0 Å². The maximum atomic E-state index is 13.9. The summed E-state index contributed by atoms with van der Waals surface area (Å²) in [5.41, 5.74) is 6.60. The van der Waals surface area contributed by atoms with E-state index < -0.39 is 5.54 Å². The molecule has 1 aliphatic carbocycles. The summed E-state index contributed by atoms with van der Waals surface area (Å²) in [5, 5.41) is 5.26. The van der Waals surface area contributed by atoms with Crippen LogP contribution >= 0.6 is 11.6 Å². The Hall–Kier alpha value is -3.30. The molecule has 0 saturated heterocycles. The molecule has 1 saturated carbocycles. The van der Waals surface area contributed by atoms with Gasteiger partial charge in [-0.15, -0.1) is 0 Å². The molecule has 2 N–H and O–H groups in total. The van der Waals surface area contributed by atoms with Gasteiger partial charge < -0.3 is 15.4 Å². The summed E-state index contributed by atoms with van der Waals surface area (Å²) in [6.45, 7) is 6.08. The Morgan fingerprint density at radius 2 is 1.87 bits per heavy atom. The molecule has 0 bridgehead atoms. The fourth-order valence-corrected chi connectivity index (χ4v) is 5.55. The Bertz CT molecular complexity index is 1310. The average Bonchev–Trinajstić information content (AvgIpc) is 3.59. The number of rotatable bonds is 11. The van der Waals surface area contributed by atoms with E-state index in [0.29, 0.717) is 41.9 Å². The monoisotopic (exact) mass is 552 g/mol. The molecule has 10 heteroatoms. The van der Waals surface area contributed by atoms with E-state index in [1.165, 1.54) is 6.92 Å². The normalized spacial score (nSPS) is 15.4. The van der Waals surface area contributed by atoms with Gasteiger partial charge in [0.15, 0.2) is 23.0 Å². The lowest BCUT2D eigenvalue weighted by molar-refractivity contribution is -0.145. The van der Waals surface area contributed by atoms with E-state index in [9.17, 15) is 9.59 Å². The van der Waals surface area contributed by atoms with Crippen LogP contribution in [0.1, 0.15) is 52.9 Å². The van der Waals surface area contributed by atoms with Crippen LogP contribution in [0.2, 0.25) is 5.02 Å². The van der Waals surface area contributed by atoms with E-state index in [1.807, 2.05) is 36.9 Å². The second-order valence-corrected chi connectivity index (χ2v) is 11.0. The summed E-state index contributed by atoms with van der Waals surface area (Å²) in [4.78, 5) is 37.4. The van der Waals surface area contributed by atoms with Crippen LogP contribution in [0.3, 0.4) is 0 Å². The lowest BCUT2D eigenvalue weighted by Crippen LogP contribution is -2.62. The molecule has 9 nitrogen and oxygen atoms in total. The second-order valence-electron chi connectivity index (χ2n) is 10.6. The predicted octanol–water partition coefficient (Wildman–Crippen LogP) is 4.77. The van der Waals surface area contributed by atoms with Crippen molar-refractivity contribution < 1.29 is 14.3 Å². The average molecular weight is 553 g/mol. The van der Waals surface area contributed by atoms with Gasteiger partial charge in [-0.3, -0.25) is 14.6 Å². The third-order valence-electron chi connectivity index (χ3n) is 7.34. The van der Waals surface area contributed by atoms with Crippen molar-refractivity contribution in [3.8, 4) is 28.5 Å². The van der Waals surface area contributed by atoms with Crippen LogP contribution in [-0.4, -0.2) is 61.6 Å². The first-order valence-corrected chi connectivity index (χ1v) is 13.8. The Morgan fingerprint density at radius 3 is 2.46 bits per heavy atom. The predicted molar refractivity (Wildman–Crippen MR) is 151 cm³/mol. The second kappa shape index (κ2) is 12.3. The van der Waals surface area contributed by atoms with Crippen molar-refractivity contribution in [1.82, 2.24) is 24.6 Å². The van der Waals surface area contributed by atoms with Gasteiger partial charge in [0.2, 0.25) is 0 Å². The number of halogens is 1. The molecule has 1 aromatic carbocycles. The minimum atomic E-state index is -1.55. The molecule has 208 valence electrons. The molecule has 4 rings (SSSR count). The number of hydrogen-bond acceptors (Lipinski definition) is 7. The van der Waals surface area contributed by atoms with Gasteiger partial charge >= 0.3 is 0 Å². The number of nitrogens with two attached hydrogens (primary N) is 1. The van der Waals surface area contributed by atoms with Crippen LogP contribution in [0.25, 0.3) is 22.8 Å². The first kappa shape index (κ1) is 28.7. The van der Waals surface area contributed by atoms with E-state index in [0.717, 1.165) is 36.8 Å². The van der Waals surface area contributed by atoms with Gasteiger partial charge in [0, 0.05) is 36.1 Å². The molecule has 1 fully saturated rings. The molecule has 0 unspecified atom stereocenters. The highest BCUT2D eigenvalue weighted by molar-refractivity contribution is 6.32. The van der Waals surface area contributed by atoms with Gasteiger partial charge in [-0.05, 0) is 62.4 Å². The number of ketones is 1. The zero-order chi connectivity index (χ0) is 28.2. The number of nitrogens with zero attached hydrogens (tertiary/aromatic N) is 5. The number of aromatic nitrogens is 4. The summed E-state index contributed by atoms with van der Waals surface area (Å²) in [6, 6.07) is 9.19. The maximum Gasteiger partial charge on any atom is 0.250 e. The largest absolute Gasteiger partial charge is 0.495 e. The van der Waals surface area contributed by atoms with E-state index in [4.69, 9.17) is 32.2 Å². The Labute approximate surface area is 234 Å². The summed E-state index contributed by atoms with van der Waals surface area (Å²) in [6.07, 6.45) is 7.55. The molecule has 0 aliphatic heterocycles. The lowest BCUT2D eigenvalue weighted by atomic mass is 9.84. The number of carbonyl (C=O) groups is 2. The van der Waals surface area contributed by atoms with Crippen LogP contribution < -0.4 is 10.5 Å². The van der Waals surface area contributed by atoms with Gasteiger partial charge in [-0.1, -0.05) is 38.3 Å².